The fourth-order valence-corrected chi connectivity index (χ4v) is 4.10. The van der Waals surface area contributed by atoms with Crippen molar-refractivity contribution in [2.75, 3.05) is 6.54 Å². The van der Waals surface area contributed by atoms with Gasteiger partial charge in [0, 0.05) is 13.0 Å². The van der Waals surface area contributed by atoms with Crippen LogP contribution in [-0.2, 0) is 9.59 Å². The highest BCUT2D eigenvalue weighted by Crippen LogP contribution is 2.33. The van der Waals surface area contributed by atoms with E-state index in [1.807, 2.05) is 36.4 Å². The summed E-state index contributed by atoms with van der Waals surface area (Å²) in [6.45, 7) is 2.52. The van der Waals surface area contributed by atoms with Gasteiger partial charge in [0.05, 0.1) is 4.91 Å². The minimum absolute atomic E-state index is 0.0340. The number of nitrogens with zero attached hydrogens (tertiary/aromatic N) is 1. The molecule has 1 aromatic carbocycles. The molecule has 1 amide bonds. The second-order valence-corrected chi connectivity index (χ2v) is 8.09. The molecule has 1 aromatic rings. The number of carboxylic acid groups (broad SMARTS) is 1. The zero-order valence-corrected chi connectivity index (χ0v) is 17.2. The summed E-state index contributed by atoms with van der Waals surface area (Å²) in [6, 6.07) is 10.1. The second kappa shape index (κ2) is 11.0. The van der Waals surface area contributed by atoms with Gasteiger partial charge in [0.2, 0.25) is 0 Å². The van der Waals surface area contributed by atoms with Crippen LogP contribution in [0.25, 0.3) is 6.08 Å². The number of hydrogen-bond acceptors (Lipinski definition) is 4. The highest BCUT2D eigenvalue weighted by atomic mass is 32.2. The molecule has 1 heterocycles. The van der Waals surface area contributed by atoms with Crippen LogP contribution in [0.1, 0.15) is 51.0 Å². The van der Waals surface area contributed by atoms with E-state index in [0.29, 0.717) is 22.2 Å². The van der Waals surface area contributed by atoms with Crippen LogP contribution in [0, 0.1) is 0 Å². The van der Waals surface area contributed by atoms with E-state index < -0.39 is 5.97 Å². The average molecular weight is 404 g/mol. The predicted molar refractivity (Wildman–Crippen MR) is 115 cm³/mol. The standard InChI is InChI=1S/C21H25NO3S2/c1-2-3-5-11-17(14-16-9-6-4-7-10-16)15-18-20(25)22(21(26)27-18)13-8-12-19(23)24/h4,6-7,9-10,14-15H,2-3,5,8,11-13H2,1H3,(H,23,24)/b17-14+,18-15-. The lowest BCUT2D eigenvalue weighted by molar-refractivity contribution is -0.137. The second-order valence-electron chi connectivity index (χ2n) is 6.42. The molecule has 1 saturated heterocycles. The van der Waals surface area contributed by atoms with E-state index in [0.717, 1.165) is 36.8 Å². The number of benzene rings is 1. The summed E-state index contributed by atoms with van der Waals surface area (Å²) >= 11 is 6.62. The summed E-state index contributed by atoms with van der Waals surface area (Å²) < 4.78 is 0.504. The molecular formula is C21H25NO3S2. The first-order valence-corrected chi connectivity index (χ1v) is 10.5. The van der Waals surface area contributed by atoms with Crippen molar-refractivity contribution in [2.45, 2.75) is 45.4 Å². The molecule has 0 aromatic heterocycles. The Hall–Kier alpha value is -1.92. The Balaban J connectivity index is 2.15. The molecule has 27 heavy (non-hydrogen) atoms. The number of rotatable bonds is 10. The summed E-state index contributed by atoms with van der Waals surface area (Å²) in [6.07, 6.45) is 8.77. The summed E-state index contributed by atoms with van der Waals surface area (Å²) in [4.78, 5) is 25.5. The lowest BCUT2D eigenvalue weighted by Gasteiger charge is -2.13. The van der Waals surface area contributed by atoms with E-state index >= 15 is 0 Å². The Morgan fingerprint density at radius 1 is 1.19 bits per heavy atom. The van der Waals surface area contributed by atoms with Gasteiger partial charge in [-0.1, -0.05) is 80.2 Å². The van der Waals surface area contributed by atoms with Gasteiger partial charge >= 0.3 is 5.97 Å². The normalized spacial score (nSPS) is 16.4. The van der Waals surface area contributed by atoms with Gasteiger partial charge in [-0.3, -0.25) is 14.5 Å². The number of thiocarbonyl (C=S) groups is 1. The van der Waals surface area contributed by atoms with Gasteiger partial charge in [0.25, 0.3) is 5.91 Å². The van der Waals surface area contributed by atoms with Crippen LogP contribution in [-0.4, -0.2) is 32.7 Å². The molecular weight excluding hydrogens is 378 g/mol. The molecule has 6 heteroatoms. The van der Waals surface area contributed by atoms with E-state index in [2.05, 4.69) is 13.0 Å². The number of carbonyl (C=O) groups is 2. The van der Waals surface area contributed by atoms with E-state index in [9.17, 15) is 9.59 Å². The van der Waals surface area contributed by atoms with Gasteiger partial charge in [-0.25, -0.2) is 0 Å². The SMILES string of the molecule is CCCCCC(/C=C1\SC(=S)N(CCCC(=O)O)C1=O)=C\c1ccccc1. The van der Waals surface area contributed by atoms with Crippen LogP contribution in [0.5, 0.6) is 0 Å². The van der Waals surface area contributed by atoms with Gasteiger partial charge in [0.1, 0.15) is 4.32 Å². The summed E-state index contributed by atoms with van der Waals surface area (Å²) in [7, 11) is 0. The summed E-state index contributed by atoms with van der Waals surface area (Å²) in [5.74, 6) is -0.982. The van der Waals surface area contributed by atoms with Gasteiger partial charge in [-0.2, -0.15) is 0 Å². The first-order chi connectivity index (χ1) is 13.0. The molecule has 0 spiro atoms. The highest BCUT2D eigenvalue weighted by molar-refractivity contribution is 8.26. The lowest BCUT2D eigenvalue weighted by Crippen LogP contribution is -2.29. The molecule has 1 fully saturated rings. The van der Waals surface area contributed by atoms with Crippen molar-refractivity contribution in [3.05, 3.63) is 52.4 Å². The highest BCUT2D eigenvalue weighted by Gasteiger charge is 2.31. The number of carbonyl (C=O) groups excluding carboxylic acids is 1. The van der Waals surface area contributed by atoms with Crippen LogP contribution < -0.4 is 0 Å². The Bertz CT molecular complexity index is 741. The maximum Gasteiger partial charge on any atom is 0.303 e. The molecule has 0 radical (unpaired) electrons. The summed E-state index contributed by atoms with van der Waals surface area (Å²) in [5.41, 5.74) is 2.22. The number of unbranched alkanes of at least 4 members (excludes halogenated alkanes) is 2. The van der Waals surface area contributed by atoms with E-state index in [1.165, 1.54) is 16.7 Å². The van der Waals surface area contributed by atoms with Crippen LogP contribution in [0.3, 0.4) is 0 Å². The minimum Gasteiger partial charge on any atom is -0.481 e. The number of thioether (sulfide) groups is 1. The Morgan fingerprint density at radius 3 is 2.59 bits per heavy atom. The smallest absolute Gasteiger partial charge is 0.303 e. The number of carboxylic acids is 1. The third-order valence-electron chi connectivity index (χ3n) is 4.18. The first kappa shape index (κ1) is 21.4. The topological polar surface area (TPSA) is 57.6 Å². The molecule has 0 bridgehead atoms. The molecule has 1 N–H and O–H groups in total. The molecule has 0 aliphatic carbocycles. The molecule has 0 unspecified atom stereocenters. The molecule has 0 saturated carbocycles. The van der Waals surface area contributed by atoms with Crippen molar-refractivity contribution in [3.8, 4) is 0 Å². The van der Waals surface area contributed by atoms with Crippen molar-refractivity contribution >= 4 is 46.3 Å². The van der Waals surface area contributed by atoms with Crippen molar-refractivity contribution in [1.82, 2.24) is 4.90 Å². The Morgan fingerprint density at radius 2 is 1.93 bits per heavy atom. The zero-order valence-electron chi connectivity index (χ0n) is 15.5. The van der Waals surface area contributed by atoms with E-state index in [-0.39, 0.29) is 12.3 Å². The van der Waals surface area contributed by atoms with Crippen LogP contribution >= 0.6 is 24.0 Å². The first-order valence-electron chi connectivity index (χ1n) is 9.24. The molecule has 4 nitrogen and oxygen atoms in total. The van der Waals surface area contributed by atoms with Gasteiger partial charge in [-0.05, 0) is 36.5 Å². The van der Waals surface area contributed by atoms with Gasteiger partial charge < -0.3 is 5.11 Å². The monoisotopic (exact) mass is 403 g/mol. The van der Waals surface area contributed by atoms with Crippen molar-refractivity contribution in [2.24, 2.45) is 0 Å². The molecule has 1 aliphatic rings. The average Bonchev–Trinajstić information content (AvgIpc) is 2.90. The number of allylic oxidation sites excluding steroid dienone is 2. The van der Waals surface area contributed by atoms with Crippen LogP contribution in [0.2, 0.25) is 0 Å². The maximum absolute atomic E-state index is 12.7. The third kappa shape index (κ3) is 6.96. The van der Waals surface area contributed by atoms with E-state index in [1.54, 1.807) is 0 Å². The molecule has 1 aliphatic heterocycles. The van der Waals surface area contributed by atoms with Crippen LogP contribution in [0.15, 0.2) is 46.9 Å². The van der Waals surface area contributed by atoms with Gasteiger partial charge in [0.15, 0.2) is 0 Å². The molecule has 2 rings (SSSR count). The van der Waals surface area contributed by atoms with Crippen LogP contribution in [0.4, 0.5) is 0 Å². The minimum atomic E-state index is -0.861. The zero-order chi connectivity index (χ0) is 19.6. The molecule has 144 valence electrons. The fourth-order valence-electron chi connectivity index (χ4n) is 2.78. The number of aliphatic carboxylic acids is 1. The summed E-state index contributed by atoms with van der Waals surface area (Å²) in [5, 5.41) is 8.77. The quantitative estimate of drug-likeness (QED) is 0.328. The van der Waals surface area contributed by atoms with Gasteiger partial charge in [-0.15, -0.1) is 0 Å². The number of amides is 1. The largest absolute Gasteiger partial charge is 0.481 e. The van der Waals surface area contributed by atoms with Crippen molar-refractivity contribution in [3.63, 3.8) is 0 Å². The Kier molecular flexibility index (Phi) is 8.75. The van der Waals surface area contributed by atoms with Crippen molar-refractivity contribution in [1.29, 1.82) is 0 Å². The fraction of sp³-hybridized carbons (Fsp3) is 0.381. The van der Waals surface area contributed by atoms with E-state index in [4.69, 9.17) is 17.3 Å². The molecule has 0 atom stereocenters. The number of hydrogen-bond donors (Lipinski definition) is 1. The third-order valence-corrected chi connectivity index (χ3v) is 5.56. The maximum atomic E-state index is 12.7. The predicted octanol–water partition coefficient (Wildman–Crippen LogP) is 5.26. The lowest BCUT2D eigenvalue weighted by atomic mass is 10.0. The van der Waals surface area contributed by atoms with Crippen molar-refractivity contribution < 1.29 is 14.7 Å². The Labute approximate surface area is 170 Å².